The zero-order valence-electron chi connectivity index (χ0n) is 29.1. The Kier molecular flexibility index (Phi) is 10.4. The number of aliphatic hydroxyl groups is 1. The Balaban J connectivity index is 1.34. The second-order valence-electron chi connectivity index (χ2n) is 14.4. The van der Waals surface area contributed by atoms with Gasteiger partial charge in [-0.05, 0) is 80.7 Å². The molecule has 0 heterocycles. The predicted molar refractivity (Wildman–Crippen MR) is 183 cm³/mol. The molecule has 2 fully saturated rings. The third-order valence-electron chi connectivity index (χ3n) is 11.8. The number of alkyl halides is 1. The number of amides is 1. The molecule has 2 aromatic rings. The number of fused-ring (bicyclic) bond motifs is 1. The summed E-state index contributed by atoms with van der Waals surface area (Å²) in [6.45, 7) is 6.40. The molecule has 0 aromatic heterocycles. The average molecular weight is 693 g/mol. The van der Waals surface area contributed by atoms with Crippen molar-refractivity contribution in [1.82, 2.24) is 0 Å². The first-order valence-electron chi connectivity index (χ1n) is 17.0. The third kappa shape index (κ3) is 6.03. The lowest BCUT2D eigenvalue weighted by Gasteiger charge is -2.57. The largest absolute Gasteiger partial charge is 0.454 e. The highest BCUT2D eigenvalue weighted by Gasteiger charge is 2.72. The summed E-state index contributed by atoms with van der Waals surface area (Å²) >= 11 is 0. The summed E-state index contributed by atoms with van der Waals surface area (Å²) in [6, 6.07) is 11.6. The number of anilines is 1. The summed E-state index contributed by atoms with van der Waals surface area (Å²) in [5.41, 5.74) is 0.768. The van der Waals surface area contributed by atoms with Crippen LogP contribution in [0.2, 0.25) is 0 Å². The third-order valence-corrected chi connectivity index (χ3v) is 11.8. The van der Waals surface area contributed by atoms with Gasteiger partial charge in [-0.3, -0.25) is 14.4 Å². The molecule has 3 aliphatic carbocycles. The van der Waals surface area contributed by atoms with Crippen molar-refractivity contribution in [2.75, 3.05) is 19.0 Å². The van der Waals surface area contributed by atoms with E-state index in [0.717, 1.165) is 11.6 Å². The van der Waals surface area contributed by atoms with Crippen molar-refractivity contribution in [3.05, 3.63) is 89.3 Å². The van der Waals surface area contributed by atoms with Gasteiger partial charge < -0.3 is 25.6 Å². The van der Waals surface area contributed by atoms with Gasteiger partial charge in [-0.25, -0.2) is 13.6 Å². The SMILES string of the molecule is CCC1=CC(=O)C=C[C@]1(C)[C@]1(F)CC2C[C@@H](C)[C@](OC)(C(=O)COC(=O)c3cccc(F)c3NC(=O)[C@@H](N)Cc3ccccc3)[C@@]2(C)C[C@@H]1O. The molecule has 8 atom stereocenters. The van der Waals surface area contributed by atoms with E-state index < -0.39 is 81.9 Å². The maximum atomic E-state index is 17.3. The lowest BCUT2D eigenvalue weighted by molar-refractivity contribution is -0.197. The normalized spacial score (nSPS) is 32.5. The van der Waals surface area contributed by atoms with E-state index in [-0.39, 0.29) is 30.6 Å². The maximum absolute atomic E-state index is 17.3. The zero-order valence-corrected chi connectivity index (χ0v) is 29.1. The van der Waals surface area contributed by atoms with Gasteiger partial charge in [0.15, 0.2) is 12.4 Å². The molecule has 2 aromatic carbocycles. The molecule has 0 aliphatic heterocycles. The number of benzene rings is 2. The maximum Gasteiger partial charge on any atom is 0.340 e. The van der Waals surface area contributed by atoms with Crippen LogP contribution in [-0.4, -0.2) is 65.7 Å². The van der Waals surface area contributed by atoms with Gasteiger partial charge in [0.1, 0.15) is 17.1 Å². The fourth-order valence-corrected chi connectivity index (χ4v) is 9.02. The lowest BCUT2D eigenvalue weighted by Crippen LogP contribution is -2.65. The van der Waals surface area contributed by atoms with Gasteiger partial charge in [-0.15, -0.1) is 0 Å². The number of allylic oxidation sites excluding steroid dienone is 4. The number of esters is 1. The molecule has 11 heteroatoms. The molecule has 0 radical (unpaired) electrons. The number of rotatable bonds is 11. The number of para-hydroxylation sites is 1. The molecule has 5 rings (SSSR count). The number of ketones is 2. The summed E-state index contributed by atoms with van der Waals surface area (Å²) in [4.78, 5) is 52.6. The smallest absolute Gasteiger partial charge is 0.340 e. The van der Waals surface area contributed by atoms with E-state index in [4.69, 9.17) is 15.2 Å². The minimum atomic E-state index is -2.13. The minimum Gasteiger partial charge on any atom is -0.454 e. The predicted octanol–water partition coefficient (Wildman–Crippen LogP) is 5.45. The van der Waals surface area contributed by atoms with E-state index in [1.165, 1.54) is 31.4 Å². The zero-order chi connectivity index (χ0) is 36.6. The van der Waals surface area contributed by atoms with Gasteiger partial charge in [0.05, 0.1) is 23.4 Å². The lowest BCUT2D eigenvalue weighted by atomic mass is 9.51. The second kappa shape index (κ2) is 13.9. The molecule has 1 unspecified atom stereocenters. The number of halogens is 2. The molecule has 0 saturated heterocycles. The number of hydrogen-bond donors (Lipinski definition) is 3. The number of Topliss-reactive ketones (excluding diaryl/α,β-unsaturated/α-hetero) is 1. The van der Waals surface area contributed by atoms with E-state index in [0.29, 0.717) is 18.4 Å². The molecule has 9 nitrogen and oxygen atoms in total. The number of carbonyl (C=O) groups excluding carboxylic acids is 4. The van der Waals surface area contributed by atoms with E-state index in [1.54, 1.807) is 44.2 Å². The van der Waals surface area contributed by atoms with Crippen LogP contribution in [0.5, 0.6) is 0 Å². The molecular weight excluding hydrogens is 646 g/mol. The molecule has 50 heavy (non-hydrogen) atoms. The molecule has 268 valence electrons. The van der Waals surface area contributed by atoms with Crippen LogP contribution in [0.15, 0.2) is 72.3 Å². The van der Waals surface area contributed by atoms with Crippen molar-refractivity contribution in [3.63, 3.8) is 0 Å². The van der Waals surface area contributed by atoms with Crippen LogP contribution in [0.3, 0.4) is 0 Å². The number of methoxy groups -OCH3 is 1. The van der Waals surface area contributed by atoms with Crippen molar-refractivity contribution in [3.8, 4) is 0 Å². The Hall–Kier alpha value is -4.06. The van der Waals surface area contributed by atoms with Crippen LogP contribution in [0.4, 0.5) is 14.5 Å². The average Bonchev–Trinajstić information content (AvgIpc) is 3.30. The van der Waals surface area contributed by atoms with Crippen LogP contribution >= 0.6 is 0 Å². The summed E-state index contributed by atoms with van der Waals surface area (Å²) in [6.07, 6.45) is 3.60. The van der Waals surface area contributed by atoms with Gasteiger partial charge in [0.25, 0.3) is 0 Å². The van der Waals surface area contributed by atoms with E-state index in [1.807, 2.05) is 19.9 Å². The standard InChI is InChI=1S/C39H46F2N2O7/c1-6-25-19-27(44)15-16-36(25,3)38(41)20-26-17-23(2)39(49-5,37(26,4)21-31(38)45)32(46)22-50-35(48)28-13-10-14-29(40)33(28)43-34(47)30(42)18-24-11-8-7-9-12-24/h7-16,19,23,26,30-31,45H,6,17-18,20-22,42H2,1-5H3,(H,43,47)/t23-,26?,30+,31+,36+,37+,38+,39+/m1/s1. The fraction of sp³-hybridized carbons (Fsp3) is 0.487. The number of carbonyl (C=O) groups is 4. The molecular formula is C39H46F2N2O7. The molecule has 4 N–H and O–H groups in total. The van der Waals surface area contributed by atoms with Crippen molar-refractivity contribution < 1.29 is 42.5 Å². The Morgan fingerprint density at radius 3 is 2.46 bits per heavy atom. The first-order chi connectivity index (χ1) is 23.6. The van der Waals surface area contributed by atoms with Crippen LogP contribution in [0, 0.1) is 28.5 Å². The topological polar surface area (TPSA) is 145 Å². The highest BCUT2D eigenvalue weighted by atomic mass is 19.1. The van der Waals surface area contributed by atoms with Gasteiger partial charge in [-0.2, -0.15) is 0 Å². The molecule has 3 aliphatic rings. The summed E-state index contributed by atoms with van der Waals surface area (Å²) in [7, 11) is 1.38. The number of aliphatic hydroxyl groups excluding tert-OH is 1. The van der Waals surface area contributed by atoms with Gasteiger partial charge in [0.2, 0.25) is 11.7 Å². The molecule has 0 spiro atoms. The minimum absolute atomic E-state index is 0.0850. The monoisotopic (exact) mass is 692 g/mol. The number of nitrogens with two attached hydrogens (primary N) is 1. The van der Waals surface area contributed by atoms with Crippen LogP contribution in [0.1, 0.15) is 69.3 Å². The van der Waals surface area contributed by atoms with Crippen LogP contribution in [0.25, 0.3) is 0 Å². The Bertz CT molecular complexity index is 1730. The number of ether oxygens (including phenoxy) is 2. The quantitative estimate of drug-likeness (QED) is 0.264. The highest BCUT2D eigenvalue weighted by Crippen LogP contribution is 2.67. The highest BCUT2D eigenvalue weighted by molar-refractivity contribution is 6.04. The fourth-order valence-electron chi connectivity index (χ4n) is 9.02. The summed E-state index contributed by atoms with van der Waals surface area (Å²) < 4.78 is 43.8. The van der Waals surface area contributed by atoms with Gasteiger partial charge in [-0.1, -0.05) is 68.8 Å². The second-order valence-corrected chi connectivity index (χ2v) is 14.4. The first kappa shape index (κ1) is 37.2. The van der Waals surface area contributed by atoms with Gasteiger partial charge in [0, 0.05) is 17.9 Å². The van der Waals surface area contributed by atoms with Crippen molar-refractivity contribution >= 4 is 29.1 Å². The Morgan fingerprint density at radius 2 is 1.80 bits per heavy atom. The number of hydrogen-bond acceptors (Lipinski definition) is 8. The summed E-state index contributed by atoms with van der Waals surface area (Å²) in [5, 5.41) is 14.0. The van der Waals surface area contributed by atoms with Crippen LogP contribution < -0.4 is 11.1 Å². The Labute approximate surface area is 291 Å². The summed E-state index contributed by atoms with van der Waals surface area (Å²) in [5.74, 6) is -4.33. The van der Waals surface area contributed by atoms with E-state index in [9.17, 15) is 24.3 Å². The van der Waals surface area contributed by atoms with E-state index >= 15 is 8.78 Å². The number of nitrogens with one attached hydrogen (secondary N) is 1. The first-order valence-corrected chi connectivity index (χ1v) is 17.0. The van der Waals surface area contributed by atoms with Crippen molar-refractivity contribution in [2.45, 2.75) is 83.2 Å². The molecule has 0 bridgehead atoms. The van der Waals surface area contributed by atoms with E-state index in [2.05, 4.69) is 5.32 Å². The van der Waals surface area contributed by atoms with Crippen molar-refractivity contribution in [2.24, 2.45) is 28.4 Å². The van der Waals surface area contributed by atoms with Crippen molar-refractivity contribution in [1.29, 1.82) is 0 Å². The molecule has 1 amide bonds. The van der Waals surface area contributed by atoms with Gasteiger partial charge >= 0.3 is 5.97 Å². The molecule has 2 saturated carbocycles. The van der Waals surface area contributed by atoms with Crippen LogP contribution in [-0.2, 0) is 30.3 Å². The Morgan fingerprint density at radius 1 is 1.10 bits per heavy atom.